The van der Waals surface area contributed by atoms with E-state index in [9.17, 15) is 23.7 Å². The number of carbonyl (C=O) groups is 1. The third-order valence-corrected chi connectivity index (χ3v) is 4.38. The van der Waals surface area contributed by atoms with E-state index in [1.54, 1.807) is 0 Å². The molecule has 0 aromatic heterocycles. The number of nitrogens with one attached hydrogen (secondary N) is 1. The van der Waals surface area contributed by atoms with Gasteiger partial charge in [-0.2, -0.15) is 0 Å². The smallest absolute Gasteiger partial charge is 0.285 e. The first-order valence-corrected chi connectivity index (χ1v) is 7.62. The van der Waals surface area contributed by atoms with Gasteiger partial charge in [0.1, 0.15) is 5.56 Å². The maximum absolute atomic E-state index is 13.4. The van der Waals surface area contributed by atoms with Crippen molar-refractivity contribution >= 4 is 11.6 Å². The zero-order valence-electron chi connectivity index (χ0n) is 12.7. The van der Waals surface area contributed by atoms with Crippen molar-refractivity contribution in [2.24, 2.45) is 0 Å². The first-order valence-electron chi connectivity index (χ1n) is 7.62. The van der Waals surface area contributed by atoms with Gasteiger partial charge in [0.15, 0.2) is 17.4 Å². The van der Waals surface area contributed by atoms with Crippen LogP contribution >= 0.6 is 0 Å². The Morgan fingerprint density at radius 3 is 2.38 bits per heavy atom. The van der Waals surface area contributed by atoms with Gasteiger partial charge in [-0.25, -0.2) is 8.78 Å². The number of ether oxygens (including phenoxy) is 2. The van der Waals surface area contributed by atoms with E-state index in [-0.39, 0.29) is 6.04 Å². The maximum Gasteiger partial charge on any atom is 0.285 e. The molecule has 1 aliphatic heterocycles. The number of halogens is 2. The van der Waals surface area contributed by atoms with Crippen LogP contribution in [0.4, 0.5) is 14.5 Å². The Kier molecular flexibility index (Phi) is 4.46. The van der Waals surface area contributed by atoms with Crippen LogP contribution in [-0.2, 0) is 9.47 Å². The Bertz CT molecular complexity index is 666. The van der Waals surface area contributed by atoms with Crippen molar-refractivity contribution in [3.8, 4) is 0 Å². The first-order chi connectivity index (χ1) is 11.4. The largest absolute Gasteiger partial charge is 0.349 e. The van der Waals surface area contributed by atoms with Crippen LogP contribution in [0.3, 0.4) is 0 Å². The quantitative estimate of drug-likeness (QED) is 0.672. The molecule has 1 aliphatic carbocycles. The second kappa shape index (κ2) is 6.40. The normalized spacial score (nSPS) is 20.2. The molecule has 0 radical (unpaired) electrons. The highest BCUT2D eigenvalue weighted by Crippen LogP contribution is 2.36. The van der Waals surface area contributed by atoms with Crippen LogP contribution < -0.4 is 5.32 Å². The molecule has 0 bridgehead atoms. The highest BCUT2D eigenvalue weighted by atomic mass is 19.2. The molecule has 1 aromatic carbocycles. The van der Waals surface area contributed by atoms with Gasteiger partial charge in [-0.15, -0.1) is 0 Å². The third kappa shape index (κ3) is 3.22. The van der Waals surface area contributed by atoms with Crippen molar-refractivity contribution in [2.45, 2.75) is 37.5 Å². The second-order valence-electron chi connectivity index (χ2n) is 5.90. The van der Waals surface area contributed by atoms with E-state index in [0.717, 1.165) is 0 Å². The highest BCUT2D eigenvalue weighted by Gasteiger charge is 2.40. The summed E-state index contributed by atoms with van der Waals surface area (Å²) in [6, 6.07) is 0.736. The van der Waals surface area contributed by atoms with Crippen molar-refractivity contribution in [3.05, 3.63) is 39.4 Å². The summed E-state index contributed by atoms with van der Waals surface area (Å²) < 4.78 is 37.7. The first kappa shape index (κ1) is 16.7. The molecule has 0 atom stereocenters. The Hall–Kier alpha value is -2.13. The predicted molar refractivity (Wildman–Crippen MR) is 77.4 cm³/mol. The number of hydrogen-bond donors (Lipinski definition) is 1. The average molecular weight is 342 g/mol. The SMILES string of the molecule is O=C(NC1CCC2(CC1)OCCO2)c1cc(F)c(F)cc1[N+](=O)[O-]. The molecule has 1 spiro atoms. The van der Waals surface area contributed by atoms with E-state index in [0.29, 0.717) is 51.0 Å². The van der Waals surface area contributed by atoms with Crippen LogP contribution in [-0.4, -0.2) is 35.9 Å². The van der Waals surface area contributed by atoms with Gasteiger partial charge in [-0.1, -0.05) is 0 Å². The molecule has 1 N–H and O–H groups in total. The summed E-state index contributed by atoms with van der Waals surface area (Å²) in [6.07, 6.45) is 2.34. The van der Waals surface area contributed by atoms with Crippen LogP contribution in [0.2, 0.25) is 0 Å². The zero-order chi connectivity index (χ0) is 17.3. The minimum absolute atomic E-state index is 0.233. The van der Waals surface area contributed by atoms with Crippen LogP contribution in [0.25, 0.3) is 0 Å². The lowest BCUT2D eigenvalue weighted by Crippen LogP contribution is -2.44. The predicted octanol–water partition coefficient (Wildman–Crippen LogP) is 2.29. The van der Waals surface area contributed by atoms with Crippen molar-refractivity contribution in [3.63, 3.8) is 0 Å². The topological polar surface area (TPSA) is 90.7 Å². The Morgan fingerprint density at radius 1 is 1.21 bits per heavy atom. The van der Waals surface area contributed by atoms with Crippen molar-refractivity contribution < 1.29 is 28.0 Å². The summed E-state index contributed by atoms with van der Waals surface area (Å²) in [5, 5.41) is 13.6. The van der Waals surface area contributed by atoms with Gasteiger partial charge in [0.2, 0.25) is 0 Å². The molecule has 1 amide bonds. The monoisotopic (exact) mass is 342 g/mol. The number of hydrogen-bond acceptors (Lipinski definition) is 5. The number of carbonyl (C=O) groups excluding carboxylic acids is 1. The third-order valence-electron chi connectivity index (χ3n) is 4.38. The van der Waals surface area contributed by atoms with E-state index in [1.807, 2.05) is 0 Å². The molecule has 3 rings (SSSR count). The number of nitro groups is 1. The number of nitrogens with zero attached hydrogens (tertiary/aromatic N) is 1. The van der Waals surface area contributed by atoms with Crippen molar-refractivity contribution in [1.29, 1.82) is 0 Å². The summed E-state index contributed by atoms with van der Waals surface area (Å²) in [4.78, 5) is 22.3. The highest BCUT2D eigenvalue weighted by molar-refractivity contribution is 5.98. The van der Waals surface area contributed by atoms with Gasteiger partial charge in [0, 0.05) is 18.9 Å². The summed E-state index contributed by atoms with van der Waals surface area (Å²) in [5.74, 6) is -4.06. The molecule has 1 heterocycles. The Morgan fingerprint density at radius 2 is 1.79 bits per heavy atom. The van der Waals surface area contributed by atoms with Gasteiger partial charge in [-0.05, 0) is 18.9 Å². The lowest BCUT2D eigenvalue weighted by Gasteiger charge is -2.35. The summed E-state index contributed by atoms with van der Waals surface area (Å²) in [5.41, 5.74) is -1.26. The summed E-state index contributed by atoms with van der Waals surface area (Å²) in [7, 11) is 0. The van der Waals surface area contributed by atoms with Crippen molar-refractivity contribution in [2.75, 3.05) is 13.2 Å². The van der Waals surface area contributed by atoms with Gasteiger partial charge in [-0.3, -0.25) is 14.9 Å². The molecule has 130 valence electrons. The van der Waals surface area contributed by atoms with Crippen LogP contribution in [0.15, 0.2) is 12.1 Å². The van der Waals surface area contributed by atoms with Crippen molar-refractivity contribution in [1.82, 2.24) is 5.32 Å². The van der Waals surface area contributed by atoms with Gasteiger partial charge in [0.05, 0.1) is 24.2 Å². The van der Waals surface area contributed by atoms with Gasteiger partial charge >= 0.3 is 0 Å². The Balaban J connectivity index is 1.69. The van der Waals surface area contributed by atoms with Crippen LogP contribution in [0, 0.1) is 21.7 Å². The molecule has 2 fully saturated rings. The van der Waals surface area contributed by atoms with Crippen LogP contribution in [0.5, 0.6) is 0 Å². The van der Waals surface area contributed by atoms with Gasteiger partial charge in [0.25, 0.3) is 11.6 Å². The molecule has 1 aromatic rings. The van der Waals surface area contributed by atoms with E-state index >= 15 is 0 Å². The van der Waals surface area contributed by atoms with E-state index in [2.05, 4.69) is 5.32 Å². The van der Waals surface area contributed by atoms with E-state index in [4.69, 9.17) is 9.47 Å². The molecule has 0 unspecified atom stereocenters. The van der Waals surface area contributed by atoms with Gasteiger partial charge < -0.3 is 14.8 Å². The minimum atomic E-state index is -1.37. The number of rotatable bonds is 3. The van der Waals surface area contributed by atoms with E-state index < -0.39 is 39.5 Å². The molecule has 24 heavy (non-hydrogen) atoms. The fraction of sp³-hybridized carbons (Fsp3) is 0.533. The molecule has 9 heteroatoms. The molecule has 2 aliphatic rings. The lowest BCUT2D eigenvalue weighted by molar-refractivity contribution is -0.385. The lowest BCUT2D eigenvalue weighted by atomic mass is 9.90. The molecule has 1 saturated carbocycles. The fourth-order valence-electron chi connectivity index (χ4n) is 3.12. The average Bonchev–Trinajstić information content (AvgIpc) is 3.00. The van der Waals surface area contributed by atoms with E-state index in [1.165, 1.54) is 0 Å². The molecular weight excluding hydrogens is 326 g/mol. The minimum Gasteiger partial charge on any atom is -0.349 e. The molecule has 7 nitrogen and oxygen atoms in total. The molecular formula is C15H16F2N2O5. The summed E-state index contributed by atoms with van der Waals surface area (Å²) >= 11 is 0. The summed E-state index contributed by atoms with van der Waals surface area (Å²) in [6.45, 7) is 1.08. The standard InChI is InChI=1S/C15H16F2N2O5/c16-11-7-10(13(19(21)22)8-12(11)17)14(20)18-9-1-3-15(4-2-9)23-5-6-24-15/h7-9H,1-6H2,(H,18,20). The number of nitro benzene ring substituents is 1. The zero-order valence-corrected chi connectivity index (χ0v) is 12.7. The number of amides is 1. The maximum atomic E-state index is 13.4. The van der Waals surface area contributed by atoms with Crippen LogP contribution in [0.1, 0.15) is 36.0 Å². The molecule has 1 saturated heterocycles. The second-order valence-corrected chi connectivity index (χ2v) is 5.90. The Labute approximate surface area is 136 Å². The fourth-order valence-corrected chi connectivity index (χ4v) is 3.12. The number of benzene rings is 1.